The molecular formula is C30H29ClN8O6. The standard InChI is InChI=1S/C30H29ClN8O6/c1-14-5-7-18(27(32)42)11-23(14)36-38-25(16(3)40)29(44)34-20-9-10-22(21(31)13-20)35-30(45)26(17(4)41)39-37-24-12-19(28(33)43)8-6-15(24)2/h5-13,25-26H,1-4H3,(H2,32,42)(H2,33,43)(H,34,44)(H,35,45)/b38-36+,39-37+. The molecule has 2 atom stereocenters. The molecule has 3 rings (SSSR count). The zero-order valence-electron chi connectivity index (χ0n) is 24.6. The molecule has 0 saturated carbocycles. The molecule has 15 heteroatoms. The number of benzene rings is 3. The lowest BCUT2D eigenvalue weighted by molar-refractivity contribution is -0.127. The predicted molar refractivity (Wildman–Crippen MR) is 166 cm³/mol. The normalized spacial score (nSPS) is 12.5. The molecule has 2 unspecified atom stereocenters. The maximum atomic E-state index is 12.9. The Morgan fingerprint density at radius 2 is 1.11 bits per heavy atom. The van der Waals surface area contributed by atoms with Crippen LogP contribution in [-0.4, -0.2) is 47.3 Å². The number of carbonyl (C=O) groups excluding carboxylic acids is 6. The average molecular weight is 633 g/mol. The van der Waals surface area contributed by atoms with Crippen molar-refractivity contribution in [3.8, 4) is 0 Å². The summed E-state index contributed by atoms with van der Waals surface area (Å²) in [7, 11) is 0. The number of nitrogens with two attached hydrogens (primary N) is 2. The third kappa shape index (κ3) is 8.93. The molecule has 4 amide bonds. The van der Waals surface area contributed by atoms with Crippen LogP contribution in [0.25, 0.3) is 0 Å². The first-order valence-corrected chi connectivity index (χ1v) is 13.6. The number of aryl methyl sites for hydroxylation is 2. The number of rotatable bonds is 12. The summed E-state index contributed by atoms with van der Waals surface area (Å²) in [5.41, 5.74) is 13.0. The maximum absolute atomic E-state index is 12.9. The molecule has 0 fully saturated rings. The Labute approximate surface area is 262 Å². The van der Waals surface area contributed by atoms with Crippen LogP contribution in [0, 0.1) is 13.8 Å². The largest absolute Gasteiger partial charge is 0.366 e. The molecule has 3 aromatic carbocycles. The fourth-order valence-electron chi connectivity index (χ4n) is 3.72. The van der Waals surface area contributed by atoms with Crippen molar-refractivity contribution in [2.45, 2.75) is 39.8 Å². The smallest absolute Gasteiger partial charge is 0.258 e. The van der Waals surface area contributed by atoms with Crippen LogP contribution in [0.3, 0.4) is 0 Å². The predicted octanol–water partition coefficient (Wildman–Crippen LogP) is 4.51. The van der Waals surface area contributed by atoms with Crippen LogP contribution in [0.5, 0.6) is 0 Å². The van der Waals surface area contributed by atoms with Gasteiger partial charge in [-0.2, -0.15) is 20.5 Å². The third-order valence-corrected chi connectivity index (χ3v) is 6.62. The minimum absolute atomic E-state index is 0.00899. The van der Waals surface area contributed by atoms with Crippen LogP contribution in [0.2, 0.25) is 5.02 Å². The second kappa shape index (κ2) is 14.7. The molecule has 45 heavy (non-hydrogen) atoms. The van der Waals surface area contributed by atoms with Crippen molar-refractivity contribution in [1.82, 2.24) is 0 Å². The summed E-state index contributed by atoms with van der Waals surface area (Å²) in [6, 6.07) is 10.0. The van der Waals surface area contributed by atoms with E-state index in [9.17, 15) is 28.8 Å². The number of amides is 4. The Kier molecular flexibility index (Phi) is 11.1. The number of nitrogens with one attached hydrogen (secondary N) is 2. The zero-order valence-corrected chi connectivity index (χ0v) is 25.4. The van der Waals surface area contributed by atoms with Crippen LogP contribution in [-0.2, 0) is 19.2 Å². The van der Waals surface area contributed by atoms with Gasteiger partial charge in [-0.15, -0.1) is 0 Å². The highest BCUT2D eigenvalue weighted by molar-refractivity contribution is 6.34. The summed E-state index contributed by atoms with van der Waals surface area (Å²) in [4.78, 5) is 73.2. The van der Waals surface area contributed by atoms with Gasteiger partial charge in [0.05, 0.1) is 22.1 Å². The third-order valence-electron chi connectivity index (χ3n) is 6.31. The van der Waals surface area contributed by atoms with Gasteiger partial charge in [0, 0.05) is 16.8 Å². The Hall–Kier alpha value is -5.63. The number of anilines is 2. The van der Waals surface area contributed by atoms with Crippen molar-refractivity contribution in [3.05, 3.63) is 81.9 Å². The van der Waals surface area contributed by atoms with E-state index in [1.165, 1.54) is 49.4 Å². The number of hydrogen-bond acceptors (Lipinski definition) is 10. The van der Waals surface area contributed by atoms with E-state index >= 15 is 0 Å². The van der Waals surface area contributed by atoms with Crippen molar-refractivity contribution in [2.24, 2.45) is 31.9 Å². The van der Waals surface area contributed by atoms with Gasteiger partial charge in [-0.25, -0.2) is 0 Å². The van der Waals surface area contributed by atoms with Gasteiger partial charge in [0.15, 0.2) is 11.6 Å². The summed E-state index contributed by atoms with van der Waals surface area (Å²) in [6.07, 6.45) is 0. The molecule has 14 nitrogen and oxygen atoms in total. The first kappa shape index (κ1) is 33.9. The fraction of sp³-hybridized carbons (Fsp3) is 0.200. The summed E-state index contributed by atoms with van der Waals surface area (Å²) in [5.74, 6) is -4.20. The molecule has 0 aliphatic carbocycles. The van der Waals surface area contributed by atoms with Gasteiger partial charge < -0.3 is 22.1 Å². The highest BCUT2D eigenvalue weighted by atomic mass is 35.5. The van der Waals surface area contributed by atoms with E-state index in [1.807, 2.05) is 0 Å². The molecule has 3 aromatic rings. The molecule has 0 heterocycles. The summed E-state index contributed by atoms with van der Waals surface area (Å²) in [6.45, 7) is 5.74. The van der Waals surface area contributed by atoms with Gasteiger partial charge in [-0.3, -0.25) is 28.8 Å². The lowest BCUT2D eigenvalue weighted by Crippen LogP contribution is -2.32. The zero-order chi connectivity index (χ0) is 33.4. The number of primary amides is 2. The highest BCUT2D eigenvalue weighted by Crippen LogP contribution is 2.27. The number of azo groups is 2. The number of nitrogens with zero attached hydrogens (tertiary/aromatic N) is 4. The van der Waals surface area contributed by atoms with E-state index in [0.29, 0.717) is 11.1 Å². The molecule has 0 aromatic heterocycles. The number of halogens is 1. The van der Waals surface area contributed by atoms with E-state index in [4.69, 9.17) is 23.1 Å². The molecule has 0 spiro atoms. The number of Topliss-reactive ketones (excluding diaryl/α,β-unsaturated/α-hetero) is 2. The minimum atomic E-state index is -1.54. The van der Waals surface area contributed by atoms with Crippen LogP contribution < -0.4 is 22.1 Å². The Morgan fingerprint density at radius 1 is 0.667 bits per heavy atom. The van der Waals surface area contributed by atoms with Gasteiger partial charge in [-0.05, 0) is 81.3 Å². The molecule has 232 valence electrons. The second-order valence-electron chi connectivity index (χ2n) is 9.86. The van der Waals surface area contributed by atoms with E-state index in [2.05, 4.69) is 31.1 Å². The number of ketones is 2. The fourth-order valence-corrected chi connectivity index (χ4v) is 3.95. The van der Waals surface area contributed by atoms with E-state index in [1.54, 1.807) is 26.0 Å². The first-order chi connectivity index (χ1) is 21.2. The average Bonchev–Trinajstić information content (AvgIpc) is 2.95. The van der Waals surface area contributed by atoms with Crippen molar-refractivity contribution < 1.29 is 28.8 Å². The van der Waals surface area contributed by atoms with Crippen molar-refractivity contribution in [3.63, 3.8) is 0 Å². The lowest BCUT2D eigenvalue weighted by atomic mass is 10.1. The maximum Gasteiger partial charge on any atom is 0.258 e. The molecule has 0 saturated heterocycles. The van der Waals surface area contributed by atoms with Crippen LogP contribution in [0.15, 0.2) is 75.1 Å². The topological polar surface area (TPSA) is 228 Å². The lowest BCUT2D eigenvalue weighted by Gasteiger charge is -2.13. The van der Waals surface area contributed by atoms with E-state index in [-0.39, 0.29) is 38.9 Å². The van der Waals surface area contributed by atoms with Crippen molar-refractivity contribution in [2.75, 3.05) is 10.6 Å². The summed E-state index contributed by atoms with van der Waals surface area (Å²) < 4.78 is 0. The molecule has 6 N–H and O–H groups in total. The second-order valence-corrected chi connectivity index (χ2v) is 10.3. The Morgan fingerprint density at radius 3 is 1.51 bits per heavy atom. The molecular weight excluding hydrogens is 604 g/mol. The molecule has 0 aliphatic rings. The van der Waals surface area contributed by atoms with Crippen LogP contribution in [0.1, 0.15) is 45.7 Å². The number of hydrogen-bond donors (Lipinski definition) is 4. The molecule has 0 bridgehead atoms. The van der Waals surface area contributed by atoms with Crippen LogP contribution in [0.4, 0.5) is 22.7 Å². The van der Waals surface area contributed by atoms with Gasteiger partial charge in [-0.1, -0.05) is 23.7 Å². The van der Waals surface area contributed by atoms with Gasteiger partial charge in [0.1, 0.15) is 0 Å². The summed E-state index contributed by atoms with van der Waals surface area (Å²) >= 11 is 6.33. The minimum Gasteiger partial charge on any atom is -0.366 e. The van der Waals surface area contributed by atoms with Gasteiger partial charge in [0.25, 0.3) is 11.8 Å². The molecule has 0 aliphatic heterocycles. The SMILES string of the molecule is CC(=O)C(/N=N/c1cc(C(N)=O)ccc1C)C(=O)Nc1ccc(NC(=O)C(/N=N/c2cc(C(N)=O)ccc2C)C(C)=O)c(Cl)c1. The van der Waals surface area contributed by atoms with Gasteiger partial charge in [0.2, 0.25) is 23.9 Å². The first-order valence-electron chi connectivity index (χ1n) is 13.2. The van der Waals surface area contributed by atoms with Crippen molar-refractivity contribution in [1.29, 1.82) is 0 Å². The quantitative estimate of drug-likeness (QED) is 0.166. The summed E-state index contributed by atoms with van der Waals surface area (Å²) in [5, 5.41) is 20.7. The number of carbonyl (C=O) groups is 6. The van der Waals surface area contributed by atoms with Crippen molar-refractivity contribution >= 4 is 69.5 Å². The Balaban J connectivity index is 1.74. The molecule has 0 radical (unpaired) electrons. The van der Waals surface area contributed by atoms with E-state index < -0.39 is 47.3 Å². The Bertz CT molecular complexity index is 1770. The van der Waals surface area contributed by atoms with Gasteiger partial charge >= 0.3 is 0 Å². The highest BCUT2D eigenvalue weighted by Gasteiger charge is 2.26. The van der Waals surface area contributed by atoms with Crippen LogP contribution >= 0.6 is 11.6 Å². The monoisotopic (exact) mass is 632 g/mol. The van der Waals surface area contributed by atoms with E-state index in [0.717, 1.165) is 6.92 Å².